The lowest BCUT2D eigenvalue weighted by atomic mass is 10.1. The second-order valence-electron chi connectivity index (χ2n) is 4.68. The van der Waals surface area contributed by atoms with Gasteiger partial charge in [0.25, 0.3) is 0 Å². The molecule has 1 aromatic carbocycles. The quantitative estimate of drug-likeness (QED) is 0.782. The molecule has 3 N–H and O–H groups in total. The van der Waals surface area contributed by atoms with Crippen LogP contribution in [-0.2, 0) is 0 Å². The third kappa shape index (κ3) is 3.89. The van der Waals surface area contributed by atoms with Crippen LogP contribution in [0.5, 0.6) is 0 Å². The molecule has 0 spiro atoms. The summed E-state index contributed by atoms with van der Waals surface area (Å²) < 4.78 is 0. The summed E-state index contributed by atoms with van der Waals surface area (Å²) in [5.74, 6) is 5.71. The fourth-order valence-corrected chi connectivity index (χ4v) is 2.31. The van der Waals surface area contributed by atoms with Crippen LogP contribution in [0.25, 0.3) is 0 Å². The van der Waals surface area contributed by atoms with Crippen molar-refractivity contribution in [2.75, 3.05) is 25.0 Å². The standard InChI is InChI=1S/C15H18ClN3O/c16-13-7-6-12(5-4-8-17)11-14(13)18-15(20)19-9-2-1-3-10-19/h6-7,11H,1-3,8-10,17H2,(H,18,20). The Kier molecular flexibility index (Phi) is 5.28. The highest BCUT2D eigenvalue weighted by Gasteiger charge is 2.17. The lowest BCUT2D eigenvalue weighted by Crippen LogP contribution is -2.38. The molecule has 2 rings (SSSR count). The van der Waals surface area contributed by atoms with Crippen molar-refractivity contribution in [1.82, 2.24) is 4.90 Å². The highest BCUT2D eigenvalue weighted by Crippen LogP contribution is 2.23. The van der Waals surface area contributed by atoms with Gasteiger partial charge in [0.05, 0.1) is 17.3 Å². The Labute approximate surface area is 124 Å². The van der Waals surface area contributed by atoms with Crippen molar-refractivity contribution in [2.45, 2.75) is 19.3 Å². The maximum absolute atomic E-state index is 12.1. The fourth-order valence-electron chi connectivity index (χ4n) is 2.14. The number of anilines is 1. The lowest BCUT2D eigenvalue weighted by molar-refractivity contribution is 0.200. The van der Waals surface area contributed by atoms with Gasteiger partial charge in [-0.3, -0.25) is 0 Å². The van der Waals surface area contributed by atoms with Crippen LogP contribution in [0.15, 0.2) is 18.2 Å². The first-order valence-electron chi connectivity index (χ1n) is 6.75. The first-order chi connectivity index (χ1) is 9.70. The average Bonchev–Trinajstić information content (AvgIpc) is 2.49. The Bertz CT molecular complexity index is 542. The van der Waals surface area contributed by atoms with Crippen LogP contribution in [-0.4, -0.2) is 30.6 Å². The Balaban J connectivity index is 2.09. The number of halogens is 1. The average molecular weight is 292 g/mol. The van der Waals surface area contributed by atoms with Crippen molar-refractivity contribution < 1.29 is 4.79 Å². The van der Waals surface area contributed by atoms with E-state index in [9.17, 15) is 4.79 Å². The molecular weight excluding hydrogens is 274 g/mol. The molecule has 1 aliphatic heterocycles. The minimum atomic E-state index is -0.101. The number of rotatable bonds is 1. The van der Waals surface area contributed by atoms with Crippen LogP contribution in [0.2, 0.25) is 5.02 Å². The Morgan fingerprint density at radius 2 is 2.10 bits per heavy atom. The number of hydrogen-bond donors (Lipinski definition) is 2. The summed E-state index contributed by atoms with van der Waals surface area (Å²) >= 11 is 6.11. The van der Waals surface area contributed by atoms with Gasteiger partial charge in [-0.2, -0.15) is 0 Å². The van der Waals surface area contributed by atoms with E-state index < -0.39 is 0 Å². The molecule has 0 aromatic heterocycles. The van der Waals surface area contributed by atoms with Crippen molar-refractivity contribution in [1.29, 1.82) is 0 Å². The van der Waals surface area contributed by atoms with Gasteiger partial charge in [-0.1, -0.05) is 23.4 Å². The number of carbonyl (C=O) groups is 1. The third-order valence-corrected chi connectivity index (χ3v) is 3.52. The van der Waals surface area contributed by atoms with Crippen molar-refractivity contribution in [3.63, 3.8) is 0 Å². The molecule has 0 saturated carbocycles. The van der Waals surface area contributed by atoms with Gasteiger partial charge in [-0.15, -0.1) is 0 Å². The van der Waals surface area contributed by atoms with E-state index in [4.69, 9.17) is 17.3 Å². The van der Waals surface area contributed by atoms with Crippen molar-refractivity contribution in [3.8, 4) is 11.8 Å². The van der Waals surface area contributed by atoms with Gasteiger partial charge in [0.2, 0.25) is 0 Å². The summed E-state index contributed by atoms with van der Waals surface area (Å²) in [6.45, 7) is 1.91. The second-order valence-corrected chi connectivity index (χ2v) is 5.09. The predicted molar refractivity (Wildman–Crippen MR) is 81.8 cm³/mol. The zero-order valence-electron chi connectivity index (χ0n) is 11.3. The monoisotopic (exact) mass is 291 g/mol. The molecule has 1 heterocycles. The molecule has 1 aliphatic rings. The number of benzene rings is 1. The van der Waals surface area contributed by atoms with Gasteiger partial charge in [0.1, 0.15) is 0 Å². The summed E-state index contributed by atoms with van der Waals surface area (Å²) in [7, 11) is 0. The minimum Gasteiger partial charge on any atom is -0.325 e. The van der Waals surface area contributed by atoms with Crippen LogP contribution in [0.3, 0.4) is 0 Å². The van der Waals surface area contributed by atoms with E-state index >= 15 is 0 Å². The van der Waals surface area contributed by atoms with Crippen LogP contribution in [0.1, 0.15) is 24.8 Å². The number of nitrogens with one attached hydrogen (secondary N) is 1. The first-order valence-corrected chi connectivity index (χ1v) is 7.13. The van der Waals surface area contributed by atoms with Crippen molar-refractivity contribution >= 4 is 23.3 Å². The van der Waals surface area contributed by atoms with E-state index in [1.165, 1.54) is 6.42 Å². The molecule has 5 heteroatoms. The van der Waals surface area contributed by atoms with Gasteiger partial charge >= 0.3 is 6.03 Å². The normalized spacial score (nSPS) is 14.4. The molecule has 1 saturated heterocycles. The number of urea groups is 1. The lowest BCUT2D eigenvalue weighted by Gasteiger charge is -2.27. The van der Waals surface area contributed by atoms with Gasteiger partial charge in [-0.05, 0) is 37.5 Å². The summed E-state index contributed by atoms with van der Waals surface area (Å²) in [6.07, 6.45) is 3.31. The van der Waals surface area contributed by atoms with Gasteiger partial charge in [0, 0.05) is 18.7 Å². The molecule has 0 bridgehead atoms. The number of amides is 2. The topological polar surface area (TPSA) is 58.4 Å². The second kappa shape index (κ2) is 7.18. The summed E-state index contributed by atoms with van der Waals surface area (Å²) in [4.78, 5) is 14.0. The van der Waals surface area contributed by atoms with E-state index in [-0.39, 0.29) is 6.03 Å². The van der Waals surface area contributed by atoms with Crippen LogP contribution in [0, 0.1) is 11.8 Å². The number of piperidine rings is 1. The molecule has 2 amide bonds. The number of nitrogens with zero attached hydrogens (tertiary/aromatic N) is 1. The SMILES string of the molecule is NCC#Cc1ccc(Cl)c(NC(=O)N2CCCCC2)c1. The van der Waals surface area contributed by atoms with Gasteiger partial charge in [0.15, 0.2) is 0 Å². The Morgan fingerprint density at radius 1 is 1.35 bits per heavy atom. The highest BCUT2D eigenvalue weighted by atomic mass is 35.5. The maximum atomic E-state index is 12.1. The molecule has 0 aliphatic carbocycles. The summed E-state index contributed by atoms with van der Waals surface area (Å²) in [5.41, 5.74) is 6.72. The van der Waals surface area contributed by atoms with Crippen LogP contribution in [0.4, 0.5) is 10.5 Å². The molecule has 0 radical (unpaired) electrons. The molecular formula is C15H18ClN3O. The van der Waals surface area contributed by atoms with Crippen LogP contribution < -0.4 is 11.1 Å². The number of nitrogens with two attached hydrogens (primary N) is 1. The molecule has 4 nitrogen and oxygen atoms in total. The van der Waals surface area contributed by atoms with E-state index in [1.807, 2.05) is 11.0 Å². The molecule has 1 aromatic rings. The van der Waals surface area contributed by atoms with E-state index in [2.05, 4.69) is 17.2 Å². The molecule has 0 atom stereocenters. The zero-order valence-corrected chi connectivity index (χ0v) is 12.0. The first kappa shape index (κ1) is 14.7. The van der Waals surface area contributed by atoms with Gasteiger partial charge in [-0.25, -0.2) is 4.79 Å². The number of carbonyl (C=O) groups excluding carboxylic acids is 1. The smallest absolute Gasteiger partial charge is 0.321 e. The summed E-state index contributed by atoms with van der Waals surface area (Å²) in [6, 6.07) is 5.21. The third-order valence-electron chi connectivity index (χ3n) is 3.19. The van der Waals surface area contributed by atoms with Crippen molar-refractivity contribution in [3.05, 3.63) is 28.8 Å². The predicted octanol–water partition coefficient (Wildman–Crippen LogP) is 2.67. The zero-order chi connectivity index (χ0) is 14.4. The van der Waals surface area contributed by atoms with Gasteiger partial charge < -0.3 is 16.0 Å². The Morgan fingerprint density at radius 3 is 2.80 bits per heavy atom. The van der Waals surface area contributed by atoms with Crippen LogP contribution >= 0.6 is 11.6 Å². The summed E-state index contributed by atoms with van der Waals surface area (Å²) in [5, 5.41) is 3.36. The molecule has 1 fully saturated rings. The highest BCUT2D eigenvalue weighted by molar-refractivity contribution is 6.33. The fraction of sp³-hybridized carbons (Fsp3) is 0.400. The molecule has 20 heavy (non-hydrogen) atoms. The molecule has 0 unspecified atom stereocenters. The largest absolute Gasteiger partial charge is 0.325 e. The number of likely N-dealkylation sites (tertiary alicyclic amines) is 1. The molecule has 106 valence electrons. The van der Waals surface area contributed by atoms with E-state index in [0.717, 1.165) is 31.5 Å². The van der Waals surface area contributed by atoms with E-state index in [0.29, 0.717) is 17.3 Å². The minimum absolute atomic E-state index is 0.101. The number of hydrogen-bond acceptors (Lipinski definition) is 2. The maximum Gasteiger partial charge on any atom is 0.321 e. The Hall–Kier alpha value is -1.70. The van der Waals surface area contributed by atoms with E-state index in [1.54, 1.807) is 12.1 Å². The van der Waals surface area contributed by atoms with Crippen molar-refractivity contribution in [2.24, 2.45) is 5.73 Å².